The first-order valence-electron chi connectivity index (χ1n) is 4.93. The average Bonchev–Trinajstić information content (AvgIpc) is 2.21. The molecule has 0 saturated heterocycles. The van der Waals surface area contributed by atoms with Gasteiger partial charge in [-0.1, -0.05) is 6.07 Å². The van der Waals surface area contributed by atoms with E-state index in [0.717, 1.165) is 14.6 Å². The maximum absolute atomic E-state index is 10.4. The highest BCUT2D eigenvalue weighted by Gasteiger charge is 2.09. The molecule has 1 unspecified atom stereocenters. The fourth-order valence-electron chi connectivity index (χ4n) is 1.29. The minimum atomic E-state index is -0.764. The van der Waals surface area contributed by atoms with E-state index >= 15 is 0 Å². The maximum Gasteiger partial charge on any atom is 0.303 e. The van der Waals surface area contributed by atoms with Crippen LogP contribution in [-0.2, 0) is 4.79 Å². The SMILES string of the molecule is CC(CCC(=O)O)Nc1c(Br)cccc1Br. The van der Waals surface area contributed by atoms with Gasteiger partial charge in [-0.05, 0) is 57.3 Å². The molecule has 0 amide bonds. The summed E-state index contributed by atoms with van der Waals surface area (Å²) in [4.78, 5) is 10.4. The normalized spacial score (nSPS) is 12.2. The lowest BCUT2D eigenvalue weighted by atomic mass is 10.1. The second-order valence-electron chi connectivity index (χ2n) is 3.57. The second-order valence-corrected chi connectivity index (χ2v) is 5.28. The minimum absolute atomic E-state index is 0.117. The van der Waals surface area contributed by atoms with Gasteiger partial charge in [0.15, 0.2) is 0 Å². The fourth-order valence-corrected chi connectivity index (χ4v) is 2.52. The number of hydrogen-bond donors (Lipinski definition) is 2. The van der Waals surface area contributed by atoms with Crippen molar-refractivity contribution >= 4 is 43.5 Å². The number of hydrogen-bond acceptors (Lipinski definition) is 2. The summed E-state index contributed by atoms with van der Waals surface area (Å²) in [5, 5.41) is 11.9. The quantitative estimate of drug-likeness (QED) is 0.847. The molecule has 1 aromatic rings. The molecule has 0 aliphatic rings. The molecule has 0 bridgehead atoms. The Morgan fingerprint density at radius 3 is 2.50 bits per heavy atom. The highest BCUT2D eigenvalue weighted by atomic mass is 79.9. The number of para-hydroxylation sites is 1. The van der Waals surface area contributed by atoms with Crippen molar-refractivity contribution in [2.75, 3.05) is 5.32 Å². The Balaban J connectivity index is 2.62. The number of carboxylic acids is 1. The zero-order valence-corrected chi connectivity index (χ0v) is 12.0. The van der Waals surface area contributed by atoms with E-state index in [1.165, 1.54) is 0 Å². The Morgan fingerprint density at radius 1 is 1.44 bits per heavy atom. The summed E-state index contributed by atoms with van der Waals surface area (Å²) in [6.07, 6.45) is 0.777. The molecule has 1 aromatic carbocycles. The number of benzene rings is 1. The summed E-state index contributed by atoms with van der Waals surface area (Å²) in [6, 6.07) is 5.93. The van der Waals surface area contributed by atoms with Crippen LogP contribution in [0.15, 0.2) is 27.1 Å². The van der Waals surface area contributed by atoms with Gasteiger partial charge in [0, 0.05) is 21.4 Å². The molecule has 5 heteroatoms. The van der Waals surface area contributed by atoms with Crippen molar-refractivity contribution in [3.63, 3.8) is 0 Å². The topological polar surface area (TPSA) is 49.3 Å². The number of rotatable bonds is 5. The molecule has 0 aliphatic heterocycles. The van der Waals surface area contributed by atoms with Crippen molar-refractivity contribution in [1.29, 1.82) is 0 Å². The third-order valence-electron chi connectivity index (χ3n) is 2.14. The second kappa shape index (κ2) is 6.25. The molecule has 0 fully saturated rings. The predicted octanol–water partition coefficient (Wildman–Crippen LogP) is 3.88. The van der Waals surface area contributed by atoms with Crippen LogP contribution < -0.4 is 5.32 Å². The molecule has 16 heavy (non-hydrogen) atoms. The largest absolute Gasteiger partial charge is 0.481 e. The van der Waals surface area contributed by atoms with Gasteiger partial charge in [-0.2, -0.15) is 0 Å². The van der Waals surface area contributed by atoms with Gasteiger partial charge in [0.05, 0.1) is 5.69 Å². The number of aliphatic carboxylic acids is 1. The van der Waals surface area contributed by atoms with Crippen LogP contribution in [0, 0.1) is 0 Å². The number of anilines is 1. The van der Waals surface area contributed by atoms with Gasteiger partial charge >= 0.3 is 5.97 Å². The smallest absolute Gasteiger partial charge is 0.303 e. The van der Waals surface area contributed by atoms with Gasteiger partial charge in [-0.25, -0.2) is 0 Å². The minimum Gasteiger partial charge on any atom is -0.481 e. The Bertz CT molecular complexity index is 362. The third-order valence-corrected chi connectivity index (χ3v) is 3.47. The number of nitrogens with one attached hydrogen (secondary N) is 1. The molecule has 0 aliphatic carbocycles. The molecular formula is C11H13Br2NO2. The standard InChI is InChI=1S/C11H13Br2NO2/c1-7(5-6-10(15)16)14-11-8(12)3-2-4-9(11)13/h2-4,7,14H,5-6H2,1H3,(H,15,16). The number of carboxylic acid groups (broad SMARTS) is 1. The van der Waals surface area contributed by atoms with Crippen LogP contribution in [0.5, 0.6) is 0 Å². The summed E-state index contributed by atoms with van der Waals surface area (Å²) >= 11 is 6.89. The molecule has 0 spiro atoms. The predicted molar refractivity (Wildman–Crippen MR) is 71.8 cm³/mol. The maximum atomic E-state index is 10.4. The molecule has 0 aromatic heterocycles. The lowest BCUT2D eigenvalue weighted by molar-refractivity contribution is -0.137. The van der Waals surface area contributed by atoms with Gasteiger partial charge in [0.1, 0.15) is 0 Å². The van der Waals surface area contributed by atoms with Crippen molar-refractivity contribution in [1.82, 2.24) is 0 Å². The van der Waals surface area contributed by atoms with E-state index in [1.807, 2.05) is 25.1 Å². The van der Waals surface area contributed by atoms with E-state index in [1.54, 1.807) is 0 Å². The van der Waals surface area contributed by atoms with Crippen LogP contribution in [-0.4, -0.2) is 17.1 Å². The molecule has 1 atom stereocenters. The van der Waals surface area contributed by atoms with E-state index in [4.69, 9.17) is 5.11 Å². The first-order valence-corrected chi connectivity index (χ1v) is 6.51. The van der Waals surface area contributed by atoms with Crippen molar-refractivity contribution in [3.8, 4) is 0 Å². The van der Waals surface area contributed by atoms with Crippen LogP contribution in [0.4, 0.5) is 5.69 Å². The van der Waals surface area contributed by atoms with Crippen molar-refractivity contribution in [2.45, 2.75) is 25.8 Å². The Morgan fingerprint density at radius 2 is 2.00 bits per heavy atom. The summed E-state index contributed by atoms with van der Waals surface area (Å²) in [5.74, 6) is -0.764. The highest BCUT2D eigenvalue weighted by Crippen LogP contribution is 2.31. The van der Waals surface area contributed by atoms with Crippen molar-refractivity contribution in [3.05, 3.63) is 27.1 Å². The van der Waals surface area contributed by atoms with Gasteiger partial charge in [0.2, 0.25) is 0 Å². The number of halogens is 2. The Hall–Kier alpha value is -0.550. The van der Waals surface area contributed by atoms with E-state index in [9.17, 15) is 4.79 Å². The van der Waals surface area contributed by atoms with Gasteiger partial charge < -0.3 is 10.4 Å². The lowest BCUT2D eigenvalue weighted by Gasteiger charge is -2.16. The summed E-state index contributed by atoms with van der Waals surface area (Å²) < 4.78 is 1.92. The first kappa shape index (κ1) is 13.5. The monoisotopic (exact) mass is 349 g/mol. The van der Waals surface area contributed by atoms with Gasteiger partial charge in [0.25, 0.3) is 0 Å². The summed E-state index contributed by atoms with van der Waals surface area (Å²) in [6.45, 7) is 1.97. The van der Waals surface area contributed by atoms with Crippen molar-refractivity contribution < 1.29 is 9.90 Å². The highest BCUT2D eigenvalue weighted by molar-refractivity contribution is 9.11. The van der Waals surface area contributed by atoms with Crippen LogP contribution in [0.1, 0.15) is 19.8 Å². The zero-order valence-electron chi connectivity index (χ0n) is 8.84. The van der Waals surface area contributed by atoms with Gasteiger partial charge in [-0.3, -0.25) is 4.79 Å². The van der Waals surface area contributed by atoms with Gasteiger partial charge in [-0.15, -0.1) is 0 Å². The molecular weight excluding hydrogens is 338 g/mol. The van der Waals surface area contributed by atoms with E-state index in [-0.39, 0.29) is 12.5 Å². The molecule has 0 radical (unpaired) electrons. The average molecular weight is 351 g/mol. The Kier molecular flexibility index (Phi) is 5.28. The lowest BCUT2D eigenvalue weighted by Crippen LogP contribution is -2.17. The van der Waals surface area contributed by atoms with Crippen LogP contribution in [0.2, 0.25) is 0 Å². The summed E-state index contributed by atoms with van der Waals surface area (Å²) in [5.41, 5.74) is 0.959. The van der Waals surface area contributed by atoms with E-state index in [2.05, 4.69) is 37.2 Å². The van der Waals surface area contributed by atoms with E-state index < -0.39 is 5.97 Å². The van der Waals surface area contributed by atoms with Crippen molar-refractivity contribution in [2.24, 2.45) is 0 Å². The molecule has 0 saturated carbocycles. The molecule has 3 nitrogen and oxygen atoms in total. The Labute approximate surface area is 111 Å². The fraction of sp³-hybridized carbons (Fsp3) is 0.364. The zero-order chi connectivity index (χ0) is 12.1. The number of carbonyl (C=O) groups is 1. The summed E-state index contributed by atoms with van der Waals surface area (Å²) in [7, 11) is 0. The van der Waals surface area contributed by atoms with E-state index in [0.29, 0.717) is 6.42 Å². The van der Waals surface area contributed by atoms with Crippen LogP contribution >= 0.6 is 31.9 Å². The van der Waals surface area contributed by atoms with Crippen LogP contribution in [0.3, 0.4) is 0 Å². The molecule has 1 rings (SSSR count). The molecule has 2 N–H and O–H groups in total. The van der Waals surface area contributed by atoms with Crippen LogP contribution in [0.25, 0.3) is 0 Å². The third kappa shape index (κ3) is 4.14. The first-order chi connectivity index (χ1) is 7.50. The molecule has 0 heterocycles. The molecule has 88 valence electrons.